The van der Waals surface area contributed by atoms with Crippen LogP contribution >= 0.6 is 11.3 Å². The van der Waals surface area contributed by atoms with Crippen LogP contribution in [0.15, 0.2) is 23.8 Å². The Morgan fingerprint density at radius 2 is 1.91 bits per heavy atom. The van der Waals surface area contributed by atoms with Gasteiger partial charge in [0.25, 0.3) is 0 Å². The molecule has 1 fully saturated rings. The molecule has 3 rings (SSSR count). The highest BCUT2D eigenvalue weighted by molar-refractivity contribution is 7.13. The minimum atomic E-state index is -0.823. The third-order valence-corrected chi connectivity index (χ3v) is 6.90. The zero-order valence-electron chi connectivity index (χ0n) is 20.5. The third kappa shape index (κ3) is 5.79. The number of aryl methyl sites for hydroxylation is 1. The van der Waals surface area contributed by atoms with Crippen LogP contribution in [-0.4, -0.2) is 62.4 Å². The summed E-state index contributed by atoms with van der Waals surface area (Å²) >= 11 is 1.52. The van der Waals surface area contributed by atoms with Crippen LogP contribution < -0.4 is 10.6 Å². The van der Waals surface area contributed by atoms with Gasteiger partial charge in [0.1, 0.15) is 12.1 Å². The van der Waals surface area contributed by atoms with Crippen molar-refractivity contribution in [3.63, 3.8) is 0 Å². The highest BCUT2D eigenvalue weighted by Gasteiger charge is 2.44. The molecule has 0 aromatic carbocycles. The maximum absolute atomic E-state index is 13.3. The van der Waals surface area contributed by atoms with Crippen LogP contribution in [0.1, 0.15) is 58.3 Å². The Morgan fingerprint density at radius 3 is 2.44 bits per heavy atom. The number of hydrogen-bond acceptors (Lipinski definition) is 7. The van der Waals surface area contributed by atoms with Crippen LogP contribution in [-0.2, 0) is 14.4 Å². The van der Waals surface area contributed by atoms with Crippen LogP contribution in [0.25, 0.3) is 10.6 Å². The van der Waals surface area contributed by atoms with Crippen molar-refractivity contribution in [3.8, 4) is 10.6 Å². The summed E-state index contributed by atoms with van der Waals surface area (Å²) in [5, 5.41) is 15.9. The smallest absolute Gasteiger partial charge is 0.246 e. The Bertz CT molecular complexity index is 1050. The van der Waals surface area contributed by atoms with Crippen molar-refractivity contribution in [2.45, 2.75) is 72.2 Å². The van der Waals surface area contributed by atoms with E-state index < -0.39 is 23.6 Å². The fourth-order valence-corrected chi connectivity index (χ4v) is 4.84. The zero-order chi connectivity index (χ0) is 25.2. The molecule has 2 aromatic rings. The van der Waals surface area contributed by atoms with Gasteiger partial charge in [0, 0.05) is 26.1 Å². The topological polar surface area (TPSA) is 125 Å². The lowest BCUT2D eigenvalue weighted by Crippen LogP contribution is -2.57. The quantitative estimate of drug-likeness (QED) is 0.574. The maximum atomic E-state index is 13.3. The van der Waals surface area contributed by atoms with Crippen molar-refractivity contribution < 1.29 is 19.5 Å². The first kappa shape index (κ1) is 25.8. The molecule has 10 heteroatoms. The van der Waals surface area contributed by atoms with Gasteiger partial charge < -0.3 is 20.6 Å². The van der Waals surface area contributed by atoms with E-state index in [1.807, 2.05) is 46.8 Å². The first-order valence-corrected chi connectivity index (χ1v) is 12.2. The Balaban J connectivity index is 1.72. The molecule has 0 saturated carbocycles. The van der Waals surface area contributed by atoms with Gasteiger partial charge in [0.2, 0.25) is 17.7 Å². The average Bonchev–Trinajstić information content (AvgIpc) is 3.36. The largest absolute Gasteiger partial charge is 0.391 e. The average molecular weight is 488 g/mol. The normalized spacial score (nSPS) is 20.0. The minimum Gasteiger partial charge on any atom is -0.391 e. The van der Waals surface area contributed by atoms with Crippen molar-refractivity contribution in [2.24, 2.45) is 5.41 Å². The number of aliphatic hydroxyl groups is 1. The van der Waals surface area contributed by atoms with Gasteiger partial charge >= 0.3 is 0 Å². The van der Waals surface area contributed by atoms with E-state index in [0.717, 1.165) is 21.8 Å². The minimum absolute atomic E-state index is 0.0436. The molecule has 0 spiro atoms. The Morgan fingerprint density at radius 1 is 1.21 bits per heavy atom. The molecule has 1 aliphatic heterocycles. The number of aliphatic hydroxyl groups excluding tert-OH is 1. The van der Waals surface area contributed by atoms with Gasteiger partial charge in [-0.05, 0) is 30.9 Å². The molecule has 1 aliphatic rings. The van der Waals surface area contributed by atoms with Crippen molar-refractivity contribution in [1.82, 2.24) is 25.5 Å². The highest BCUT2D eigenvalue weighted by atomic mass is 32.1. The summed E-state index contributed by atoms with van der Waals surface area (Å²) in [6.07, 6.45) is 1.05. The van der Waals surface area contributed by atoms with Gasteiger partial charge in [-0.15, -0.1) is 11.3 Å². The van der Waals surface area contributed by atoms with E-state index in [1.54, 1.807) is 11.7 Å². The number of carbonyl (C=O) groups excluding carboxylic acids is 3. The molecule has 3 amide bonds. The number of thiazole rings is 1. The lowest BCUT2D eigenvalue weighted by Gasteiger charge is -2.35. The monoisotopic (exact) mass is 487 g/mol. The Labute approximate surface area is 204 Å². The van der Waals surface area contributed by atoms with E-state index in [0.29, 0.717) is 0 Å². The molecule has 1 saturated heterocycles. The summed E-state index contributed by atoms with van der Waals surface area (Å²) in [7, 11) is 0. The number of amides is 3. The van der Waals surface area contributed by atoms with Crippen LogP contribution in [0, 0.1) is 12.3 Å². The second-order valence-electron chi connectivity index (χ2n) is 9.87. The summed E-state index contributed by atoms with van der Waals surface area (Å²) in [6, 6.07) is 1.82. The second kappa shape index (κ2) is 10.2. The van der Waals surface area contributed by atoms with E-state index in [9.17, 15) is 19.5 Å². The molecule has 0 radical (unpaired) electrons. The van der Waals surface area contributed by atoms with Crippen LogP contribution in [0.3, 0.4) is 0 Å². The Kier molecular flexibility index (Phi) is 7.72. The van der Waals surface area contributed by atoms with Gasteiger partial charge in [0.15, 0.2) is 0 Å². The molecule has 9 nitrogen and oxygen atoms in total. The van der Waals surface area contributed by atoms with Gasteiger partial charge in [-0.1, -0.05) is 26.8 Å². The van der Waals surface area contributed by atoms with E-state index in [2.05, 4.69) is 20.6 Å². The van der Waals surface area contributed by atoms with Gasteiger partial charge in [-0.3, -0.25) is 19.4 Å². The molecule has 0 bridgehead atoms. The van der Waals surface area contributed by atoms with Gasteiger partial charge in [0.05, 0.1) is 33.9 Å². The second-order valence-corrected chi connectivity index (χ2v) is 10.7. The number of likely N-dealkylation sites (tertiary alicyclic amines) is 1. The number of rotatable bonds is 6. The summed E-state index contributed by atoms with van der Waals surface area (Å²) in [5.41, 5.74) is 3.78. The molecule has 4 atom stereocenters. The summed E-state index contributed by atoms with van der Waals surface area (Å²) in [6.45, 7) is 10.7. The molecule has 3 heterocycles. The molecule has 34 heavy (non-hydrogen) atoms. The summed E-state index contributed by atoms with van der Waals surface area (Å²) in [5.74, 6) is -1.06. The number of β-amino-alcohol motifs (C(OH)–C–C–N with tert-alkyl or cyclic N) is 1. The number of nitrogens with one attached hydrogen (secondary N) is 2. The van der Waals surface area contributed by atoms with Gasteiger partial charge in [-0.2, -0.15) is 0 Å². The van der Waals surface area contributed by atoms with Crippen LogP contribution in [0.2, 0.25) is 0 Å². The molecule has 3 N–H and O–H groups in total. The van der Waals surface area contributed by atoms with Crippen molar-refractivity contribution in [2.75, 3.05) is 6.54 Å². The van der Waals surface area contributed by atoms with E-state index in [1.165, 1.54) is 23.2 Å². The third-order valence-electron chi connectivity index (χ3n) is 5.95. The van der Waals surface area contributed by atoms with Crippen molar-refractivity contribution >= 4 is 29.1 Å². The van der Waals surface area contributed by atoms with E-state index in [4.69, 9.17) is 0 Å². The molecule has 0 unspecified atom stereocenters. The molecular weight excluding hydrogens is 454 g/mol. The van der Waals surface area contributed by atoms with Crippen LogP contribution in [0.5, 0.6) is 0 Å². The first-order valence-electron chi connectivity index (χ1n) is 11.3. The summed E-state index contributed by atoms with van der Waals surface area (Å²) in [4.78, 5) is 49.3. The molecular formula is C24H33N5O4S. The predicted octanol–water partition coefficient (Wildman–Crippen LogP) is 2.20. The standard InChI is InChI=1S/C24H33N5O4S/c1-13(16-7-8-18(25-10-16)20-14(2)26-12-34-20)27-22(32)19-9-17(31)11-29(19)23(33)21(24(4,5)6)28-15(3)30/h7-8,10,12-13,17,19,21,31H,9,11H2,1-6H3,(H,27,32)(H,28,30)/t13-,17+,19-,21+/m0/s1. The predicted molar refractivity (Wildman–Crippen MR) is 130 cm³/mol. The number of aromatic nitrogens is 2. The SMILES string of the molecule is CC(=O)N[C@H](C(=O)N1C[C@H](O)C[C@H]1C(=O)N[C@@H](C)c1ccc(-c2scnc2C)nc1)C(C)(C)C. The molecule has 0 aliphatic carbocycles. The number of nitrogens with zero attached hydrogens (tertiary/aromatic N) is 3. The number of pyridine rings is 1. The van der Waals surface area contributed by atoms with E-state index >= 15 is 0 Å². The summed E-state index contributed by atoms with van der Waals surface area (Å²) < 4.78 is 0. The fourth-order valence-electron chi connectivity index (χ4n) is 4.06. The van der Waals surface area contributed by atoms with Crippen molar-refractivity contribution in [3.05, 3.63) is 35.1 Å². The highest BCUT2D eigenvalue weighted by Crippen LogP contribution is 2.28. The van der Waals surface area contributed by atoms with Gasteiger partial charge in [-0.25, -0.2) is 4.98 Å². The first-order chi connectivity index (χ1) is 15.9. The number of hydrogen-bond donors (Lipinski definition) is 3. The molecule has 184 valence electrons. The number of carbonyl (C=O) groups is 3. The molecule has 2 aromatic heterocycles. The van der Waals surface area contributed by atoms with Crippen LogP contribution in [0.4, 0.5) is 0 Å². The Hall–Kier alpha value is -2.85. The van der Waals surface area contributed by atoms with Crippen molar-refractivity contribution in [1.29, 1.82) is 0 Å². The fraction of sp³-hybridized carbons (Fsp3) is 0.542. The lowest BCUT2D eigenvalue weighted by atomic mass is 9.85. The lowest BCUT2D eigenvalue weighted by molar-refractivity contribution is -0.144. The maximum Gasteiger partial charge on any atom is 0.246 e. The zero-order valence-corrected chi connectivity index (χ0v) is 21.3. The van der Waals surface area contributed by atoms with E-state index in [-0.39, 0.29) is 36.7 Å².